The van der Waals surface area contributed by atoms with Gasteiger partial charge in [-0.1, -0.05) is 18.2 Å². The molecule has 25 heavy (non-hydrogen) atoms. The largest absolute Gasteiger partial charge is 0.452 e. The molecule has 2 aromatic rings. The molecule has 3 amide bonds. The Kier molecular flexibility index (Phi) is 4.78. The Bertz CT molecular complexity index is 787. The van der Waals surface area contributed by atoms with E-state index in [-0.39, 0.29) is 13.0 Å². The Balaban J connectivity index is 1.56. The summed E-state index contributed by atoms with van der Waals surface area (Å²) in [5, 5.41) is 6.74. The molecule has 0 spiro atoms. The lowest BCUT2D eigenvalue weighted by atomic mass is 10.2. The van der Waals surface area contributed by atoms with E-state index in [0.29, 0.717) is 12.1 Å². The Morgan fingerprint density at radius 3 is 2.76 bits per heavy atom. The average Bonchev–Trinajstić information content (AvgIpc) is 3.24. The molecule has 1 atom stereocenters. The van der Waals surface area contributed by atoms with Gasteiger partial charge in [0.15, 0.2) is 6.10 Å². The van der Waals surface area contributed by atoms with Crippen molar-refractivity contribution in [1.29, 1.82) is 0 Å². The number of ether oxygens (including phenoxy) is 1. The van der Waals surface area contributed by atoms with Crippen molar-refractivity contribution < 1.29 is 19.1 Å². The highest BCUT2D eigenvalue weighted by molar-refractivity contribution is 5.98. The van der Waals surface area contributed by atoms with E-state index >= 15 is 0 Å². The number of nitrogens with zero attached hydrogens (tertiary/aromatic N) is 3. The second-order valence-electron chi connectivity index (χ2n) is 5.66. The van der Waals surface area contributed by atoms with Crippen molar-refractivity contribution in [1.82, 2.24) is 20.0 Å². The maximum absolute atomic E-state index is 12.1. The molecule has 8 nitrogen and oxygen atoms in total. The van der Waals surface area contributed by atoms with E-state index in [1.807, 2.05) is 30.3 Å². The van der Waals surface area contributed by atoms with Crippen molar-refractivity contribution in [2.75, 3.05) is 13.1 Å². The van der Waals surface area contributed by atoms with Crippen LogP contribution in [0.15, 0.2) is 42.7 Å². The highest BCUT2D eigenvalue weighted by Gasteiger charge is 2.31. The number of hydrogen-bond donors (Lipinski definition) is 1. The number of rotatable bonds is 5. The number of imide groups is 1. The van der Waals surface area contributed by atoms with Gasteiger partial charge in [-0.15, -0.1) is 0 Å². The third-order valence-corrected chi connectivity index (χ3v) is 3.78. The van der Waals surface area contributed by atoms with Gasteiger partial charge in [0.25, 0.3) is 5.91 Å². The van der Waals surface area contributed by atoms with Crippen LogP contribution in [0.3, 0.4) is 0 Å². The zero-order valence-corrected chi connectivity index (χ0v) is 13.7. The Hall–Kier alpha value is -3.16. The van der Waals surface area contributed by atoms with Crippen LogP contribution in [-0.4, -0.2) is 51.8 Å². The lowest BCUT2D eigenvalue weighted by Crippen LogP contribution is -2.42. The van der Waals surface area contributed by atoms with E-state index in [1.54, 1.807) is 17.1 Å². The van der Waals surface area contributed by atoms with Gasteiger partial charge >= 0.3 is 12.0 Å². The lowest BCUT2D eigenvalue weighted by Gasteiger charge is -2.17. The fourth-order valence-electron chi connectivity index (χ4n) is 2.53. The van der Waals surface area contributed by atoms with Crippen LogP contribution in [0.4, 0.5) is 4.79 Å². The Labute approximate surface area is 144 Å². The van der Waals surface area contributed by atoms with E-state index in [4.69, 9.17) is 4.74 Å². The maximum atomic E-state index is 12.1. The summed E-state index contributed by atoms with van der Waals surface area (Å²) < 4.78 is 6.80. The third-order valence-electron chi connectivity index (χ3n) is 3.78. The summed E-state index contributed by atoms with van der Waals surface area (Å²) in [5.74, 6) is -1.07. The molecular weight excluding hydrogens is 324 g/mol. The first-order valence-electron chi connectivity index (χ1n) is 7.92. The van der Waals surface area contributed by atoms with Crippen LogP contribution in [0.25, 0.3) is 5.69 Å². The van der Waals surface area contributed by atoms with Gasteiger partial charge in [-0.05, 0) is 19.1 Å². The molecule has 1 aliphatic heterocycles. The first-order valence-corrected chi connectivity index (χ1v) is 7.92. The highest BCUT2D eigenvalue weighted by atomic mass is 16.5. The highest BCUT2D eigenvalue weighted by Crippen LogP contribution is 2.10. The van der Waals surface area contributed by atoms with Crippen molar-refractivity contribution in [3.8, 4) is 5.69 Å². The summed E-state index contributed by atoms with van der Waals surface area (Å²) in [6.45, 7) is 2.15. The van der Waals surface area contributed by atoms with Crippen molar-refractivity contribution >= 4 is 17.9 Å². The molecule has 130 valence electrons. The summed E-state index contributed by atoms with van der Waals surface area (Å²) in [6.07, 6.45) is 2.29. The topological polar surface area (TPSA) is 93.5 Å². The molecule has 0 bridgehead atoms. The van der Waals surface area contributed by atoms with E-state index < -0.39 is 24.0 Å². The fourth-order valence-corrected chi connectivity index (χ4v) is 2.53. The molecule has 1 aliphatic rings. The number of para-hydroxylation sites is 1. The number of amides is 3. The molecule has 1 aromatic heterocycles. The summed E-state index contributed by atoms with van der Waals surface area (Å²) >= 11 is 0. The number of esters is 1. The summed E-state index contributed by atoms with van der Waals surface area (Å²) in [5.41, 5.74) is 1.55. The van der Waals surface area contributed by atoms with E-state index in [1.165, 1.54) is 6.92 Å². The number of carbonyl (C=O) groups excluding carboxylic acids is 3. The molecule has 1 saturated heterocycles. The summed E-state index contributed by atoms with van der Waals surface area (Å²) in [6, 6.07) is 9.04. The van der Waals surface area contributed by atoms with E-state index in [9.17, 15) is 14.4 Å². The number of nitrogens with one attached hydrogen (secondary N) is 1. The van der Waals surface area contributed by atoms with Crippen LogP contribution >= 0.6 is 0 Å². The van der Waals surface area contributed by atoms with Crippen LogP contribution in [0.1, 0.15) is 12.5 Å². The smallest absolute Gasteiger partial charge is 0.324 e. The molecule has 8 heteroatoms. The zero-order valence-electron chi connectivity index (χ0n) is 13.7. The van der Waals surface area contributed by atoms with Gasteiger partial charge in [-0.25, -0.2) is 9.48 Å². The van der Waals surface area contributed by atoms with Gasteiger partial charge in [-0.3, -0.25) is 14.5 Å². The minimum Gasteiger partial charge on any atom is -0.452 e. The molecule has 1 unspecified atom stereocenters. The van der Waals surface area contributed by atoms with E-state index in [2.05, 4.69) is 10.4 Å². The summed E-state index contributed by atoms with van der Waals surface area (Å²) in [7, 11) is 0. The predicted molar refractivity (Wildman–Crippen MR) is 87.9 cm³/mol. The third kappa shape index (κ3) is 3.85. The Morgan fingerprint density at radius 1 is 1.32 bits per heavy atom. The van der Waals surface area contributed by atoms with Gasteiger partial charge in [0.1, 0.15) is 0 Å². The van der Waals surface area contributed by atoms with Crippen molar-refractivity contribution in [2.45, 2.75) is 19.4 Å². The molecule has 3 rings (SSSR count). The van der Waals surface area contributed by atoms with Gasteiger partial charge in [0.05, 0.1) is 18.3 Å². The zero-order chi connectivity index (χ0) is 17.8. The van der Waals surface area contributed by atoms with Gasteiger partial charge in [-0.2, -0.15) is 5.10 Å². The van der Waals surface area contributed by atoms with Crippen LogP contribution in [0, 0.1) is 0 Å². The Morgan fingerprint density at radius 2 is 2.08 bits per heavy atom. The van der Waals surface area contributed by atoms with Crippen LogP contribution in [0.2, 0.25) is 0 Å². The summed E-state index contributed by atoms with van der Waals surface area (Å²) in [4.78, 5) is 36.7. The van der Waals surface area contributed by atoms with Crippen molar-refractivity contribution in [2.24, 2.45) is 0 Å². The van der Waals surface area contributed by atoms with Gasteiger partial charge < -0.3 is 10.1 Å². The molecule has 1 fully saturated rings. The number of aromatic nitrogens is 2. The number of hydrogen-bond acceptors (Lipinski definition) is 5. The van der Waals surface area contributed by atoms with Crippen LogP contribution < -0.4 is 5.32 Å². The normalized spacial score (nSPS) is 14.9. The molecule has 0 saturated carbocycles. The second kappa shape index (κ2) is 7.16. The molecule has 0 aliphatic carbocycles. The maximum Gasteiger partial charge on any atom is 0.324 e. The average molecular weight is 342 g/mol. The first-order chi connectivity index (χ1) is 12.0. The standard InChI is InChI=1S/C17H18N4O4/c1-12(16(23)20-8-7-18-17(20)24)25-15(22)9-13-10-19-21(11-13)14-5-3-2-4-6-14/h2-6,10-12H,7-9H2,1H3,(H,18,24). The van der Waals surface area contributed by atoms with Crippen molar-refractivity contribution in [3.05, 3.63) is 48.3 Å². The van der Waals surface area contributed by atoms with Crippen molar-refractivity contribution in [3.63, 3.8) is 0 Å². The predicted octanol–water partition coefficient (Wildman–Crippen LogP) is 0.898. The molecule has 1 N–H and O–H groups in total. The second-order valence-corrected chi connectivity index (χ2v) is 5.66. The lowest BCUT2D eigenvalue weighted by molar-refractivity contribution is -0.156. The molecular formula is C17H18N4O4. The SMILES string of the molecule is CC(OC(=O)Cc1cnn(-c2ccccc2)c1)C(=O)N1CCNC1=O. The number of carbonyl (C=O) groups is 3. The van der Waals surface area contributed by atoms with E-state index in [0.717, 1.165) is 10.6 Å². The van der Waals surface area contributed by atoms with Crippen LogP contribution in [0.5, 0.6) is 0 Å². The molecule has 1 aromatic carbocycles. The number of urea groups is 1. The minimum atomic E-state index is -1.01. The number of benzene rings is 1. The first kappa shape index (κ1) is 16.7. The van der Waals surface area contributed by atoms with Gasteiger partial charge in [0.2, 0.25) is 0 Å². The quantitative estimate of drug-likeness (QED) is 0.815. The van der Waals surface area contributed by atoms with Crippen LogP contribution in [-0.2, 0) is 20.7 Å². The van der Waals surface area contributed by atoms with Gasteiger partial charge in [0, 0.05) is 24.8 Å². The molecule has 0 radical (unpaired) electrons. The molecule has 2 heterocycles. The monoisotopic (exact) mass is 342 g/mol. The fraction of sp³-hybridized carbons (Fsp3) is 0.294. The minimum absolute atomic E-state index is 0.00332.